The van der Waals surface area contributed by atoms with Crippen LogP contribution < -0.4 is 10.9 Å². The highest BCUT2D eigenvalue weighted by Gasteiger charge is 2.14. The van der Waals surface area contributed by atoms with Crippen molar-refractivity contribution in [2.24, 2.45) is 0 Å². The highest BCUT2D eigenvalue weighted by Crippen LogP contribution is 2.18. The van der Waals surface area contributed by atoms with E-state index in [0.29, 0.717) is 10.8 Å². The van der Waals surface area contributed by atoms with Gasteiger partial charge < -0.3 is 5.32 Å². The number of benzene rings is 2. The van der Waals surface area contributed by atoms with Crippen LogP contribution in [0.15, 0.2) is 75.3 Å². The van der Waals surface area contributed by atoms with Gasteiger partial charge in [-0.05, 0) is 36.4 Å². The number of hydrogen-bond donors (Lipinski definition) is 1. The van der Waals surface area contributed by atoms with Gasteiger partial charge in [0.2, 0.25) is 11.6 Å². The second-order valence-corrected chi connectivity index (χ2v) is 7.80. The van der Waals surface area contributed by atoms with Crippen LogP contribution in [-0.4, -0.2) is 30.8 Å². The molecule has 2 aromatic heterocycles. The second kappa shape index (κ2) is 8.18. The minimum atomic E-state index is -0.507. The molecule has 0 fully saturated rings. The van der Waals surface area contributed by atoms with Crippen molar-refractivity contribution >= 4 is 44.9 Å². The number of carbonyl (C=O) groups excluding carboxylic acids is 1. The average molecular weight is 474 g/mol. The van der Waals surface area contributed by atoms with Crippen molar-refractivity contribution in [2.75, 3.05) is 11.1 Å². The Balaban J connectivity index is 1.53. The molecule has 146 valence electrons. The Labute approximate surface area is 176 Å². The molecule has 2 heterocycles. The zero-order valence-corrected chi connectivity index (χ0v) is 17.2. The van der Waals surface area contributed by atoms with Gasteiger partial charge in [0.05, 0.1) is 11.4 Å². The molecule has 0 aliphatic carbocycles. The molecule has 0 radical (unpaired) electrons. The Morgan fingerprint density at radius 2 is 1.86 bits per heavy atom. The Morgan fingerprint density at radius 3 is 2.62 bits per heavy atom. The molecule has 7 nitrogen and oxygen atoms in total. The molecule has 0 aliphatic rings. The lowest BCUT2D eigenvalue weighted by Gasteiger charge is -2.07. The van der Waals surface area contributed by atoms with Crippen molar-refractivity contribution in [3.05, 3.63) is 81.6 Å². The summed E-state index contributed by atoms with van der Waals surface area (Å²) in [5.74, 6) is -0.905. The molecule has 0 atom stereocenters. The lowest BCUT2D eigenvalue weighted by Crippen LogP contribution is -2.20. The van der Waals surface area contributed by atoms with Gasteiger partial charge >= 0.3 is 5.56 Å². The van der Waals surface area contributed by atoms with Crippen molar-refractivity contribution in [3.8, 4) is 5.69 Å². The van der Waals surface area contributed by atoms with Crippen LogP contribution in [0.4, 0.5) is 10.1 Å². The van der Waals surface area contributed by atoms with Gasteiger partial charge in [-0.25, -0.2) is 4.39 Å². The Bertz CT molecular complexity index is 1260. The van der Waals surface area contributed by atoms with Gasteiger partial charge in [-0.1, -0.05) is 39.8 Å². The van der Waals surface area contributed by atoms with Crippen molar-refractivity contribution in [3.63, 3.8) is 0 Å². The molecule has 0 unspecified atom stereocenters. The Kier molecular flexibility index (Phi) is 5.45. The number of carbonyl (C=O) groups is 1. The van der Waals surface area contributed by atoms with Crippen LogP contribution in [0, 0.1) is 5.82 Å². The summed E-state index contributed by atoms with van der Waals surface area (Å²) in [6.07, 6.45) is 3.28. The molecule has 29 heavy (non-hydrogen) atoms. The van der Waals surface area contributed by atoms with Crippen LogP contribution in [0.1, 0.15) is 0 Å². The number of rotatable bonds is 5. The molecule has 1 N–H and O–H groups in total. The number of nitrogens with zero attached hydrogens (tertiary/aromatic N) is 4. The summed E-state index contributed by atoms with van der Waals surface area (Å²) in [5, 5.41) is 10.9. The molecule has 4 aromatic rings. The minimum Gasteiger partial charge on any atom is -0.323 e. The van der Waals surface area contributed by atoms with Gasteiger partial charge in [-0.2, -0.15) is 0 Å². The number of anilines is 1. The summed E-state index contributed by atoms with van der Waals surface area (Å²) in [4.78, 5) is 24.8. The number of hydrogen-bond acceptors (Lipinski definition) is 5. The highest BCUT2D eigenvalue weighted by atomic mass is 79.9. The van der Waals surface area contributed by atoms with E-state index in [1.54, 1.807) is 36.7 Å². The minimum absolute atomic E-state index is 0.00900. The quantitative estimate of drug-likeness (QED) is 0.448. The molecule has 0 bridgehead atoms. The molecule has 0 aliphatic heterocycles. The SMILES string of the molecule is O=C(CSc1nnc2c(=O)n(-c3ccc(Br)cc3)ccn12)Nc1ccccc1F. The third-order valence-electron chi connectivity index (χ3n) is 4.02. The third kappa shape index (κ3) is 4.08. The number of fused-ring (bicyclic) bond motifs is 1. The summed E-state index contributed by atoms with van der Waals surface area (Å²) >= 11 is 4.47. The molecule has 0 saturated heterocycles. The van der Waals surface area contributed by atoms with E-state index < -0.39 is 5.82 Å². The maximum absolute atomic E-state index is 13.6. The fourth-order valence-corrected chi connectivity index (χ4v) is 3.63. The molecular formula is C19H13BrFN5O2S. The van der Waals surface area contributed by atoms with Crippen LogP contribution in [0.2, 0.25) is 0 Å². The van der Waals surface area contributed by atoms with Gasteiger partial charge in [-0.3, -0.25) is 18.6 Å². The maximum Gasteiger partial charge on any atom is 0.300 e. The van der Waals surface area contributed by atoms with Gasteiger partial charge in [0.25, 0.3) is 0 Å². The standard InChI is InChI=1S/C19H13BrFN5O2S/c20-12-5-7-13(8-6-12)25-9-10-26-17(18(25)28)23-24-19(26)29-11-16(27)22-15-4-2-1-3-14(15)21/h1-10H,11H2,(H,22,27). The summed E-state index contributed by atoms with van der Waals surface area (Å²) in [6, 6.07) is 13.2. The van der Waals surface area contributed by atoms with Crippen molar-refractivity contribution in [2.45, 2.75) is 5.16 Å². The van der Waals surface area contributed by atoms with Crippen LogP contribution in [0.25, 0.3) is 11.3 Å². The molecule has 10 heteroatoms. The Hall–Kier alpha value is -2.98. The lowest BCUT2D eigenvalue weighted by molar-refractivity contribution is -0.113. The fraction of sp³-hybridized carbons (Fsp3) is 0.0526. The predicted molar refractivity (Wildman–Crippen MR) is 112 cm³/mol. The van der Waals surface area contributed by atoms with E-state index >= 15 is 0 Å². The first-order chi connectivity index (χ1) is 14.0. The van der Waals surface area contributed by atoms with Crippen LogP contribution in [-0.2, 0) is 4.79 Å². The molecule has 0 saturated carbocycles. The molecular weight excluding hydrogens is 461 g/mol. The topological polar surface area (TPSA) is 81.3 Å². The molecule has 4 rings (SSSR count). The number of thioether (sulfide) groups is 1. The summed E-state index contributed by atoms with van der Waals surface area (Å²) in [5.41, 5.74) is 0.626. The third-order valence-corrected chi connectivity index (χ3v) is 5.50. The zero-order valence-electron chi connectivity index (χ0n) is 14.8. The van der Waals surface area contributed by atoms with E-state index in [1.165, 1.54) is 21.1 Å². The van der Waals surface area contributed by atoms with Gasteiger partial charge in [0.15, 0.2) is 5.16 Å². The number of aromatic nitrogens is 4. The lowest BCUT2D eigenvalue weighted by atomic mass is 10.3. The van der Waals surface area contributed by atoms with E-state index in [9.17, 15) is 14.0 Å². The van der Waals surface area contributed by atoms with Crippen molar-refractivity contribution in [1.29, 1.82) is 0 Å². The summed E-state index contributed by atoms with van der Waals surface area (Å²) in [7, 11) is 0. The molecule has 2 aromatic carbocycles. The van der Waals surface area contributed by atoms with Gasteiger partial charge in [0, 0.05) is 22.6 Å². The number of nitrogens with one attached hydrogen (secondary N) is 1. The predicted octanol–water partition coefficient (Wildman–Crippen LogP) is 3.51. The normalized spacial score (nSPS) is 11.0. The summed E-state index contributed by atoms with van der Waals surface area (Å²) in [6.45, 7) is 0. The van der Waals surface area contributed by atoms with Gasteiger partial charge in [-0.15, -0.1) is 10.2 Å². The van der Waals surface area contributed by atoms with Crippen LogP contribution in [0.3, 0.4) is 0 Å². The Morgan fingerprint density at radius 1 is 1.10 bits per heavy atom. The average Bonchev–Trinajstić information content (AvgIpc) is 3.13. The van der Waals surface area contributed by atoms with Crippen molar-refractivity contribution in [1.82, 2.24) is 19.2 Å². The van der Waals surface area contributed by atoms with Gasteiger partial charge in [0.1, 0.15) is 5.82 Å². The van der Waals surface area contributed by atoms with E-state index in [-0.39, 0.29) is 28.6 Å². The zero-order chi connectivity index (χ0) is 20.4. The maximum atomic E-state index is 13.6. The molecule has 0 spiro atoms. The highest BCUT2D eigenvalue weighted by molar-refractivity contribution is 9.10. The van der Waals surface area contributed by atoms with Crippen LogP contribution >= 0.6 is 27.7 Å². The van der Waals surface area contributed by atoms with E-state index in [1.807, 2.05) is 12.1 Å². The first-order valence-electron chi connectivity index (χ1n) is 8.42. The van der Waals surface area contributed by atoms with E-state index in [2.05, 4.69) is 31.4 Å². The largest absolute Gasteiger partial charge is 0.323 e. The van der Waals surface area contributed by atoms with E-state index in [0.717, 1.165) is 16.2 Å². The van der Waals surface area contributed by atoms with Crippen LogP contribution in [0.5, 0.6) is 0 Å². The van der Waals surface area contributed by atoms with Crippen molar-refractivity contribution < 1.29 is 9.18 Å². The number of para-hydroxylation sites is 1. The molecule has 1 amide bonds. The smallest absolute Gasteiger partial charge is 0.300 e. The summed E-state index contributed by atoms with van der Waals surface area (Å²) < 4.78 is 17.5. The van der Waals surface area contributed by atoms with E-state index in [4.69, 9.17) is 0 Å². The second-order valence-electron chi connectivity index (χ2n) is 5.94. The fourth-order valence-electron chi connectivity index (χ4n) is 2.65. The monoisotopic (exact) mass is 473 g/mol. The first kappa shape index (κ1) is 19.3. The number of amides is 1. The number of halogens is 2. The first-order valence-corrected chi connectivity index (χ1v) is 10.2.